The lowest BCUT2D eigenvalue weighted by Gasteiger charge is -2.32. The van der Waals surface area contributed by atoms with Crippen LogP contribution in [0, 0.1) is 0 Å². The Kier molecular flexibility index (Phi) is 7.46. The van der Waals surface area contributed by atoms with Gasteiger partial charge >= 0.3 is 0 Å². The number of hydrogen-bond donors (Lipinski definition) is 1. The van der Waals surface area contributed by atoms with E-state index in [2.05, 4.69) is 23.5 Å². The molecule has 136 valence electrons. The van der Waals surface area contributed by atoms with Crippen molar-refractivity contribution in [1.29, 1.82) is 0 Å². The third-order valence-corrected chi connectivity index (χ3v) is 6.21. The molecule has 1 unspecified atom stereocenters. The van der Waals surface area contributed by atoms with Crippen LogP contribution in [0.25, 0.3) is 0 Å². The van der Waals surface area contributed by atoms with E-state index in [4.69, 9.17) is 16.3 Å². The van der Waals surface area contributed by atoms with Gasteiger partial charge in [0.1, 0.15) is 0 Å². The fourth-order valence-electron chi connectivity index (χ4n) is 2.91. The fraction of sp³-hybridized carbons (Fsp3) is 0.625. The van der Waals surface area contributed by atoms with Crippen LogP contribution in [0.1, 0.15) is 25.5 Å². The van der Waals surface area contributed by atoms with Gasteiger partial charge in [0.2, 0.25) is 0 Å². The topological polar surface area (TPSA) is 61.9 Å². The maximum atomic E-state index is 12.5. The molecule has 8 heteroatoms. The Bertz CT molecular complexity index is 617. The lowest BCUT2D eigenvalue weighted by molar-refractivity contribution is 0.0723. The van der Waals surface area contributed by atoms with Gasteiger partial charge in [-0.05, 0) is 24.7 Å². The Balaban J connectivity index is 2.15. The average Bonchev–Trinajstić information content (AvgIpc) is 2.60. The number of nitrogens with zero attached hydrogens (tertiary/aromatic N) is 2. The summed E-state index contributed by atoms with van der Waals surface area (Å²) >= 11 is 6.34. The second kappa shape index (κ2) is 9.12. The minimum absolute atomic E-state index is 0.107. The normalized spacial score (nSPS) is 18.0. The van der Waals surface area contributed by atoms with Crippen LogP contribution in [-0.4, -0.2) is 63.6 Å². The summed E-state index contributed by atoms with van der Waals surface area (Å²) < 4.78 is 34.4. The van der Waals surface area contributed by atoms with Crippen molar-refractivity contribution in [3.05, 3.63) is 34.9 Å². The summed E-state index contributed by atoms with van der Waals surface area (Å²) in [4.78, 5) is 2.20. The number of morpholine rings is 1. The van der Waals surface area contributed by atoms with Crippen LogP contribution in [0.15, 0.2) is 24.3 Å². The first-order valence-electron chi connectivity index (χ1n) is 8.30. The van der Waals surface area contributed by atoms with Gasteiger partial charge in [0, 0.05) is 30.7 Å². The van der Waals surface area contributed by atoms with Gasteiger partial charge in [-0.15, -0.1) is 0 Å². The molecular weight excluding hydrogens is 350 g/mol. The monoisotopic (exact) mass is 375 g/mol. The van der Waals surface area contributed by atoms with Crippen LogP contribution in [0.4, 0.5) is 0 Å². The van der Waals surface area contributed by atoms with Crippen molar-refractivity contribution >= 4 is 21.8 Å². The smallest absolute Gasteiger partial charge is 0.279 e. The standard InChI is InChI=1S/C16H26ClN3O3S/c1-3-19(4-2)16(14-7-5-6-8-15(14)17)13-18-24(21,22)20-9-11-23-12-10-20/h5-8,16,18H,3-4,9-13H2,1-2H3. The Morgan fingerprint density at radius 3 is 2.46 bits per heavy atom. The lowest BCUT2D eigenvalue weighted by Crippen LogP contribution is -2.48. The average molecular weight is 376 g/mol. The molecule has 1 atom stereocenters. The summed E-state index contributed by atoms with van der Waals surface area (Å²) in [6.45, 7) is 7.67. The number of halogens is 1. The highest BCUT2D eigenvalue weighted by Gasteiger charge is 2.27. The van der Waals surface area contributed by atoms with E-state index in [-0.39, 0.29) is 12.6 Å². The second-order valence-corrected chi connectivity index (χ2v) is 7.79. The second-order valence-electron chi connectivity index (χ2n) is 5.62. The molecule has 2 rings (SSSR count). The maximum absolute atomic E-state index is 12.5. The largest absolute Gasteiger partial charge is 0.379 e. The quantitative estimate of drug-likeness (QED) is 0.753. The molecule has 1 aromatic rings. The molecule has 24 heavy (non-hydrogen) atoms. The first-order valence-corrected chi connectivity index (χ1v) is 10.1. The predicted octanol–water partition coefficient (Wildman–Crippen LogP) is 1.89. The Hall–Kier alpha value is -0.700. The van der Waals surface area contributed by atoms with E-state index >= 15 is 0 Å². The molecule has 1 fully saturated rings. The number of benzene rings is 1. The zero-order chi connectivity index (χ0) is 17.6. The summed E-state index contributed by atoms with van der Waals surface area (Å²) in [6.07, 6.45) is 0. The molecule has 1 N–H and O–H groups in total. The van der Waals surface area contributed by atoms with Crippen molar-refractivity contribution in [1.82, 2.24) is 13.9 Å². The highest BCUT2D eigenvalue weighted by molar-refractivity contribution is 7.87. The number of rotatable bonds is 8. The van der Waals surface area contributed by atoms with Crippen LogP contribution in [0.5, 0.6) is 0 Å². The highest BCUT2D eigenvalue weighted by Crippen LogP contribution is 2.27. The molecule has 6 nitrogen and oxygen atoms in total. The fourth-order valence-corrected chi connectivity index (χ4v) is 4.35. The molecular formula is C16H26ClN3O3S. The van der Waals surface area contributed by atoms with E-state index in [0.29, 0.717) is 31.3 Å². The van der Waals surface area contributed by atoms with Gasteiger partial charge < -0.3 is 4.74 Å². The number of likely N-dealkylation sites (N-methyl/N-ethyl adjacent to an activating group) is 1. The van der Waals surface area contributed by atoms with Gasteiger partial charge in [0.15, 0.2) is 0 Å². The molecule has 1 saturated heterocycles. The lowest BCUT2D eigenvalue weighted by atomic mass is 10.1. The summed E-state index contributed by atoms with van der Waals surface area (Å²) in [6, 6.07) is 7.49. The molecule has 0 bridgehead atoms. The van der Waals surface area contributed by atoms with E-state index in [0.717, 1.165) is 18.7 Å². The van der Waals surface area contributed by atoms with Gasteiger partial charge in [0.25, 0.3) is 10.2 Å². The van der Waals surface area contributed by atoms with E-state index in [1.807, 2.05) is 24.3 Å². The predicted molar refractivity (Wildman–Crippen MR) is 96.4 cm³/mol. The molecule has 1 aromatic carbocycles. The number of hydrogen-bond acceptors (Lipinski definition) is 4. The first-order chi connectivity index (χ1) is 11.5. The molecule has 1 heterocycles. The third-order valence-electron chi connectivity index (χ3n) is 4.29. The summed E-state index contributed by atoms with van der Waals surface area (Å²) in [5.74, 6) is 0. The molecule has 0 radical (unpaired) electrons. The molecule has 0 amide bonds. The minimum atomic E-state index is -3.52. The van der Waals surface area contributed by atoms with Gasteiger partial charge in [-0.2, -0.15) is 12.7 Å². The summed E-state index contributed by atoms with van der Waals surface area (Å²) in [5, 5.41) is 0.653. The van der Waals surface area contributed by atoms with Crippen molar-refractivity contribution in [3.8, 4) is 0 Å². The maximum Gasteiger partial charge on any atom is 0.279 e. The SMILES string of the molecule is CCN(CC)C(CNS(=O)(=O)N1CCOCC1)c1ccccc1Cl. The molecule has 0 saturated carbocycles. The summed E-state index contributed by atoms with van der Waals surface area (Å²) in [7, 11) is -3.52. The van der Waals surface area contributed by atoms with E-state index in [1.54, 1.807) is 0 Å². The van der Waals surface area contributed by atoms with Crippen LogP contribution in [0.3, 0.4) is 0 Å². The van der Waals surface area contributed by atoms with E-state index in [1.165, 1.54) is 4.31 Å². The van der Waals surface area contributed by atoms with Crippen molar-refractivity contribution in [2.45, 2.75) is 19.9 Å². The first kappa shape index (κ1) is 19.6. The van der Waals surface area contributed by atoms with Crippen LogP contribution < -0.4 is 4.72 Å². The number of nitrogens with one attached hydrogen (secondary N) is 1. The van der Waals surface area contributed by atoms with Gasteiger partial charge in [-0.3, -0.25) is 4.90 Å². The Labute approximate surface area is 149 Å². The van der Waals surface area contributed by atoms with Crippen molar-refractivity contribution in [2.24, 2.45) is 0 Å². The molecule has 1 aliphatic rings. The minimum Gasteiger partial charge on any atom is -0.379 e. The van der Waals surface area contributed by atoms with Crippen molar-refractivity contribution in [3.63, 3.8) is 0 Å². The van der Waals surface area contributed by atoms with Crippen LogP contribution in [-0.2, 0) is 14.9 Å². The molecule has 1 aliphatic heterocycles. The molecule has 0 spiro atoms. The molecule has 0 aliphatic carbocycles. The summed E-state index contributed by atoms with van der Waals surface area (Å²) in [5.41, 5.74) is 0.938. The van der Waals surface area contributed by atoms with Gasteiger partial charge in [-0.25, -0.2) is 4.72 Å². The van der Waals surface area contributed by atoms with Crippen LogP contribution >= 0.6 is 11.6 Å². The molecule has 0 aromatic heterocycles. The third kappa shape index (κ3) is 4.91. The van der Waals surface area contributed by atoms with Crippen LogP contribution in [0.2, 0.25) is 5.02 Å². The number of ether oxygens (including phenoxy) is 1. The van der Waals surface area contributed by atoms with E-state index in [9.17, 15) is 8.42 Å². The Morgan fingerprint density at radius 1 is 1.25 bits per heavy atom. The van der Waals surface area contributed by atoms with Gasteiger partial charge in [-0.1, -0.05) is 43.6 Å². The highest BCUT2D eigenvalue weighted by atomic mass is 35.5. The zero-order valence-corrected chi connectivity index (χ0v) is 15.8. The van der Waals surface area contributed by atoms with Crippen molar-refractivity contribution < 1.29 is 13.2 Å². The van der Waals surface area contributed by atoms with E-state index < -0.39 is 10.2 Å². The zero-order valence-electron chi connectivity index (χ0n) is 14.2. The van der Waals surface area contributed by atoms with Crippen molar-refractivity contribution in [2.75, 3.05) is 45.9 Å². The Morgan fingerprint density at radius 2 is 1.88 bits per heavy atom. The van der Waals surface area contributed by atoms with Gasteiger partial charge in [0.05, 0.1) is 13.2 Å².